The molecule has 0 aromatic carbocycles. The molecule has 102 valence electrons. The summed E-state index contributed by atoms with van der Waals surface area (Å²) in [5, 5.41) is 12.7. The number of hydrogen-bond donors (Lipinski definition) is 1. The number of allylic oxidation sites excluding steroid dienone is 2. The average Bonchev–Trinajstić information content (AvgIpc) is 2.30. The maximum absolute atomic E-state index is 9.17. The first-order valence-electron chi connectivity index (χ1n) is 7.22. The van der Waals surface area contributed by atoms with Crippen LogP contribution in [-0.2, 0) is 0 Å². The summed E-state index contributed by atoms with van der Waals surface area (Å²) in [5.41, 5.74) is 4.61. The Morgan fingerprint density at radius 1 is 1.33 bits per heavy atom. The zero-order chi connectivity index (χ0) is 13.6. The normalized spacial score (nSPS) is 36.5. The molecular weight excluding hydrogens is 222 g/mol. The molecule has 0 bridgehead atoms. The molecule has 2 rings (SSSR count). The summed E-state index contributed by atoms with van der Waals surface area (Å²) in [4.78, 5) is 0. The fourth-order valence-corrected chi connectivity index (χ4v) is 3.85. The van der Waals surface area contributed by atoms with Crippen molar-refractivity contribution >= 4 is 5.71 Å². The van der Waals surface area contributed by atoms with E-state index in [1.54, 1.807) is 11.1 Å². The van der Waals surface area contributed by atoms with E-state index in [4.69, 9.17) is 5.21 Å². The van der Waals surface area contributed by atoms with Crippen molar-refractivity contribution < 1.29 is 5.21 Å². The van der Waals surface area contributed by atoms with Gasteiger partial charge in [-0.25, -0.2) is 0 Å². The van der Waals surface area contributed by atoms with Gasteiger partial charge in [0.1, 0.15) is 0 Å². The van der Waals surface area contributed by atoms with Crippen LogP contribution < -0.4 is 0 Å². The molecule has 0 saturated heterocycles. The number of rotatable bonds is 1. The largest absolute Gasteiger partial charge is 0.411 e. The number of nitrogens with zero attached hydrogens (tertiary/aromatic N) is 1. The minimum atomic E-state index is 0.0300. The highest BCUT2D eigenvalue weighted by Gasteiger charge is 2.44. The summed E-state index contributed by atoms with van der Waals surface area (Å²) in [6.45, 7) is 11.3. The average molecular weight is 249 g/mol. The topological polar surface area (TPSA) is 32.6 Å². The first-order valence-corrected chi connectivity index (χ1v) is 7.22. The SMILES string of the molecule is CC(=NO)C1(C)CC2=C(CCCC2(C)C)CC1C. The van der Waals surface area contributed by atoms with E-state index >= 15 is 0 Å². The van der Waals surface area contributed by atoms with Gasteiger partial charge in [-0.15, -0.1) is 0 Å². The second-order valence-corrected chi connectivity index (χ2v) is 7.20. The lowest BCUT2D eigenvalue weighted by Gasteiger charge is -2.48. The van der Waals surface area contributed by atoms with Crippen LogP contribution in [0.25, 0.3) is 0 Å². The Balaban J connectivity index is 2.41. The summed E-state index contributed by atoms with van der Waals surface area (Å²) in [6.07, 6.45) is 6.18. The molecule has 18 heavy (non-hydrogen) atoms. The molecular formula is C16H27NO. The van der Waals surface area contributed by atoms with Crippen molar-refractivity contribution in [3.8, 4) is 0 Å². The predicted molar refractivity (Wildman–Crippen MR) is 76.1 cm³/mol. The van der Waals surface area contributed by atoms with Gasteiger partial charge in [-0.2, -0.15) is 0 Å². The Hall–Kier alpha value is -0.790. The fourth-order valence-electron chi connectivity index (χ4n) is 3.85. The van der Waals surface area contributed by atoms with Crippen molar-refractivity contribution in [2.45, 2.75) is 66.7 Å². The molecule has 0 spiro atoms. The second kappa shape index (κ2) is 4.40. The van der Waals surface area contributed by atoms with Crippen LogP contribution in [0.5, 0.6) is 0 Å². The Kier molecular flexibility index (Phi) is 3.33. The highest BCUT2D eigenvalue weighted by atomic mass is 16.4. The third-order valence-corrected chi connectivity index (χ3v) is 5.68. The standard InChI is InChI=1S/C16H27NO/c1-11-9-13-7-6-8-15(3,4)14(13)10-16(11,5)12(2)17-18/h11,18H,6-10H2,1-5H3. The Bertz CT molecular complexity index is 405. The second-order valence-electron chi connectivity index (χ2n) is 7.20. The van der Waals surface area contributed by atoms with Crippen molar-refractivity contribution in [3.05, 3.63) is 11.1 Å². The first kappa shape index (κ1) is 13.6. The van der Waals surface area contributed by atoms with Crippen LogP contribution in [0, 0.1) is 16.7 Å². The summed E-state index contributed by atoms with van der Waals surface area (Å²) >= 11 is 0. The van der Waals surface area contributed by atoms with E-state index < -0.39 is 0 Å². The molecule has 1 N–H and O–H groups in total. The third kappa shape index (κ3) is 2.00. The molecule has 0 aliphatic heterocycles. The van der Waals surface area contributed by atoms with E-state index in [0.29, 0.717) is 11.3 Å². The number of oxime groups is 1. The van der Waals surface area contributed by atoms with Crippen LogP contribution in [0.2, 0.25) is 0 Å². The van der Waals surface area contributed by atoms with Gasteiger partial charge in [-0.1, -0.05) is 44.0 Å². The van der Waals surface area contributed by atoms with Gasteiger partial charge in [0.15, 0.2) is 0 Å². The van der Waals surface area contributed by atoms with Gasteiger partial charge in [0.05, 0.1) is 5.71 Å². The first-order chi connectivity index (χ1) is 8.31. The molecule has 2 heteroatoms. The summed E-state index contributed by atoms with van der Waals surface area (Å²) < 4.78 is 0. The molecule has 0 radical (unpaired) electrons. The van der Waals surface area contributed by atoms with Crippen molar-refractivity contribution in [2.75, 3.05) is 0 Å². The Morgan fingerprint density at radius 2 is 2.00 bits per heavy atom. The molecule has 0 saturated carbocycles. The van der Waals surface area contributed by atoms with Crippen LogP contribution in [-0.4, -0.2) is 10.9 Å². The Labute approximate surface area is 111 Å². The molecule has 2 atom stereocenters. The van der Waals surface area contributed by atoms with Gasteiger partial charge in [0, 0.05) is 5.41 Å². The fraction of sp³-hybridized carbons (Fsp3) is 0.812. The summed E-state index contributed by atoms with van der Waals surface area (Å²) in [5.74, 6) is 0.570. The zero-order valence-corrected chi connectivity index (χ0v) is 12.5. The summed E-state index contributed by atoms with van der Waals surface area (Å²) in [7, 11) is 0. The van der Waals surface area contributed by atoms with E-state index in [2.05, 4.69) is 32.9 Å². The minimum Gasteiger partial charge on any atom is -0.411 e. The molecule has 2 unspecified atom stereocenters. The molecule has 0 amide bonds. The Morgan fingerprint density at radius 3 is 2.61 bits per heavy atom. The zero-order valence-electron chi connectivity index (χ0n) is 12.5. The predicted octanol–water partition coefficient (Wildman–Crippen LogP) is 4.78. The monoisotopic (exact) mass is 249 g/mol. The van der Waals surface area contributed by atoms with Crippen LogP contribution in [0.1, 0.15) is 66.7 Å². The lowest BCUT2D eigenvalue weighted by Crippen LogP contribution is -2.40. The van der Waals surface area contributed by atoms with Crippen LogP contribution in [0.4, 0.5) is 0 Å². The molecule has 0 aromatic rings. The van der Waals surface area contributed by atoms with E-state index in [0.717, 1.165) is 12.1 Å². The molecule has 2 aliphatic rings. The van der Waals surface area contributed by atoms with E-state index in [1.807, 2.05) is 6.92 Å². The van der Waals surface area contributed by atoms with Crippen LogP contribution in [0.3, 0.4) is 0 Å². The van der Waals surface area contributed by atoms with Crippen molar-refractivity contribution in [3.63, 3.8) is 0 Å². The third-order valence-electron chi connectivity index (χ3n) is 5.68. The van der Waals surface area contributed by atoms with Crippen LogP contribution in [0.15, 0.2) is 16.3 Å². The lowest BCUT2D eigenvalue weighted by molar-refractivity contribution is 0.214. The lowest BCUT2D eigenvalue weighted by atomic mass is 9.57. The molecule has 2 aliphatic carbocycles. The van der Waals surface area contributed by atoms with Crippen molar-refractivity contribution in [1.82, 2.24) is 0 Å². The van der Waals surface area contributed by atoms with Gasteiger partial charge in [0.2, 0.25) is 0 Å². The van der Waals surface area contributed by atoms with Crippen molar-refractivity contribution in [1.29, 1.82) is 0 Å². The van der Waals surface area contributed by atoms with Crippen LogP contribution >= 0.6 is 0 Å². The van der Waals surface area contributed by atoms with E-state index in [1.165, 1.54) is 25.7 Å². The maximum Gasteiger partial charge on any atom is 0.0604 e. The molecule has 0 aromatic heterocycles. The molecule has 0 fully saturated rings. The smallest absolute Gasteiger partial charge is 0.0604 e. The minimum absolute atomic E-state index is 0.0300. The quantitative estimate of drug-likeness (QED) is 0.308. The van der Waals surface area contributed by atoms with Gasteiger partial charge in [-0.05, 0) is 50.4 Å². The van der Waals surface area contributed by atoms with Gasteiger partial charge in [0.25, 0.3) is 0 Å². The number of hydrogen-bond acceptors (Lipinski definition) is 2. The van der Waals surface area contributed by atoms with E-state index in [9.17, 15) is 0 Å². The molecule has 0 heterocycles. The van der Waals surface area contributed by atoms with Gasteiger partial charge < -0.3 is 5.21 Å². The van der Waals surface area contributed by atoms with Crippen molar-refractivity contribution in [2.24, 2.45) is 21.9 Å². The van der Waals surface area contributed by atoms with Gasteiger partial charge >= 0.3 is 0 Å². The van der Waals surface area contributed by atoms with E-state index in [-0.39, 0.29) is 5.41 Å². The maximum atomic E-state index is 9.17. The van der Waals surface area contributed by atoms with Gasteiger partial charge in [-0.3, -0.25) is 0 Å². The summed E-state index contributed by atoms with van der Waals surface area (Å²) in [6, 6.07) is 0. The highest BCUT2D eigenvalue weighted by Crippen LogP contribution is 2.54. The molecule has 2 nitrogen and oxygen atoms in total. The highest BCUT2D eigenvalue weighted by molar-refractivity contribution is 5.88.